The molecular weight excluding hydrogens is 348 g/mol. The Hall–Kier alpha value is -3.42. The van der Waals surface area contributed by atoms with Crippen molar-refractivity contribution in [3.05, 3.63) is 58.4 Å². The van der Waals surface area contributed by atoms with Crippen molar-refractivity contribution in [1.29, 1.82) is 0 Å². The van der Waals surface area contributed by atoms with Gasteiger partial charge in [0.15, 0.2) is 11.5 Å². The summed E-state index contributed by atoms with van der Waals surface area (Å²) in [6.45, 7) is 0.243. The third-order valence-electron chi connectivity index (χ3n) is 4.11. The van der Waals surface area contributed by atoms with Crippen LogP contribution in [0.4, 0.5) is 0 Å². The normalized spacial score (nSPS) is 10.6. The number of amides is 1. The van der Waals surface area contributed by atoms with Crippen LogP contribution < -0.4 is 20.3 Å². The van der Waals surface area contributed by atoms with Crippen molar-refractivity contribution in [2.45, 2.75) is 13.0 Å². The number of nitrogens with one attached hydrogen (secondary N) is 1. The van der Waals surface area contributed by atoms with Crippen LogP contribution in [0.1, 0.15) is 5.56 Å². The molecule has 8 heteroatoms. The molecule has 0 radical (unpaired) electrons. The fourth-order valence-electron chi connectivity index (χ4n) is 2.70. The topological polar surface area (TPSA) is 95.3 Å². The third kappa shape index (κ3) is 4.22. The lowest BCUT2D eigenvalue weighted by molar-refractivity contribution is -0.121. The number of fused-ring (bicyclic) bond motifs is 1. The van der Waals surface area contributed by atoms with Crippen LogP contribution in [0.15, 0.2) is 47.3 Å². The molecule has 0 bridgehead atoms. The largest absolute Gasteiger partial charge is 0.493 e. The first kappa shape index (κ1) is 18.4. The van der Waals surface area contributed by atoms with E-state index >= 15 is 0 Å². The van der Waals surface area contributed by atoms with Crippen LogP contribution in [0.5, 0.6) is 11.5 Å². The molecule has 0 atom stereocenters. The summed E-state index contributed by atoms with van der Waals surface area (Å²) in [7, 11) is 3.15. The number of carbonyl (C=O) groups excluding carboxylic acids is 1. The van der Waals surface area contributed by atoms with Gasteiger partial charge in [-0.05, 0) is 36.2 Å². The van der Waals surface area contributed by atoms with Gasteiger partial charge in [-0.2, -0.15) is 0 Å². The molecule has 3 aromatic rings. The summed E-state index contributed by atoms with van der Waals surface area (Å²) < 4.78 is 11.5. The quantitative estimate of drug-likeness (QED) is 0.673. The molecule has 0 aliphatic rings. The van der Waals surface area contributed by atoms with Crippen LogP contribution >= 0.6 is 0 Å². The van der Waals surface area contributed by atoms with Gasteiger partial charge in [0.25, 0.3) is 5.56 Å². The molecule has 2 aromatic carbocycles. The van der Waals surface area contributed by atoms with Crippen molar-refractivity contribution in [2.24, 2.45) is 0 Å². The van der Waals surface area contributed by atoms with Crippen molar-refractivity contribution in [3.8, 4) is 11.5 Å². The predicted octanol–water partition coefficient (Wildman–Crippen LogP) is 1.17. The molecule has 1 amide bonds. The Kier molecular flexibility index (Phi) is 5.65. The lowest BCUT2D eigenvalue weighted by Crippen LogP contribution is -2.35. The molecule has 3 rings (SSSR count). The first-order valence-corrected chi connectivity index (χ1v) is 8.42. The van der Waals surface area contributed by atoms with Gasteiger partial charge in [-0.3, -0.25) is 9.59 Å². The second-order valence-corrected chi connectivity index (χ2v) is 5.86. The summed E-state index contributed by atoms with van der Waals surface area (Å²) >= 11 is 0. The van der Waals surface area contributed by atoms with Crippen molar-refractivity contribution in [3.63, 3.8) is 0 Å². The van der Waals surface area contributed by atoms with E-state index in [2.05, 4.69) is 15.6 Å². The highest BCUT2D eigenvalue weighted by Gasteiger charge is 2.09. The monoisotopic (exact) mass is 368 g/mol. The molecule has 8 nitrogen and oxygen atoms in total. The molecule has 0 saturated carbocycles. The van der Waals surface area contributed by atoms with Crippen molar-refractivity contribution < 1.29 is 14.3 Å². The van der Waals surface area contributed by atoms with Gasteiger partial charge >= 0.3 is 0 Å². The van der Waals surface area contributed by atoms with Crippen molar-refractivity contribution in [1.82, 2.24) is 20.3 Å². The SMILES string of the molecule is COc1ccc(CCNC(=O)Cn2nnc3ccccc3c2=O)cc1OC. The number of hydrogen-bond acceptors (Lipinski definition) is 6. The number of hydrogen-bond donors (Lipinski definition) is 1. The molecule has 0 fully saturated rings. The molecule has 0 saturated heterocycles. The summed E-state index contributed by atoms with van der Waals surface area (Å²) in [4.78, 5) is 24.5. The Morgan fingerprint density at radius 3 is 2.67 bits per heavy atom. The van der Waals surface area contributed by atoms with Crippen molar-refractivity contribution in [2.75, 3.05) is 20.8 Å². The second kappa shape index (κ2) is 8.31. The first-order chi connectivity index (χ1) is 13.1. The number of nitrogens with zero attached hydrogens (tertiary/aromatic N) is 3. The molecule has 140 valence electrons. The lowest BCUT2D eigenvalue weighted by atomic mass is 10.1. The zero-order valence-electron chi connectivity index (χ0n) is 15.1. The van der Waals surface area contributed by atoms with Crippen LogP contribution in [0, 0.1) is 0 Å². The number of rotatable bonds is 7. The fraction of sp³-hybridized carbons (Fsp3) is 0.263. The third-order valence-corrected chi connectivity index (χ3v) is 4.11. The van der Waals surface area contributed by atoms with E-state index in [9.17, 15) is 9.59 Å². The summed E-state index contributed by atoms with van der Waals surface area (Å²) in [6.07, 6.45) is 0.615. The highest BCUT2D eigenvalue weighted by Crippen LogP contribution is 2.27. The van der Waals surface area contributed by atoms with Crippen molar-refractivity contribution >= 4 is 16.8 Å². The number of methoxy groups -OCH3 is 2. The van der Waals surface area contributed by atoms with Crippen LogP contribution in [0.2, 0.25) is 0 Å². The predicted molar refractivity (Wildman–Crippen MR) is 100 cm³/mol. The van der Waals surface area contributed by atoms with E-state index in [0.29, 0.717) is 35.4 Å². The summed E-state index contributed by atoms with van der Waals surface area (Å²) in [5.41, 5.74) is 1.17. The molecule has 1 heterocycles. The Bertz CT molecular complexity index is 1020. The molecule has 0 aliphatic carbocycles. The highest BCUT2D eigenvalue weighted by molar-refractivity contribution is 5.78. The minimum Gasteiger partial charge on any atom is -0.493 e. The highest BCUT2D eigenvalue weighted by atomic mass is 16.5. The van der Waals surface area contributed by atoms with Gasteiger partial charge in [0.2, 0.25) is 5.91 Å². The Morgan fingerprint density at radius 1 is 1.11 bits per heavy atom. The maximum absolute atomic E-state index is 12.3. The van der Waals surface area contributed by atoms with Gasteiger partial charge < -0.3 is 14.8 Å². The summed E-state index contributed by atoms with van der Waals surface area (Å²) in [5.74, 6) is 0.987. The second-order valence-electron chi connectivity index (χ2n) is 5.86. The fourth-order valence-corrected chi connectivity index (χ4v) is 2.70. The summed E-state index contributed by atoms with van der Waals surface area (Å²) in [5, 5.41) is 11.0. The van der Waals surface area contributed by atoms with Gasteiger partial charge in [0, 0.05) is 6.54 Å². The standard InChI is InChI=1S/C19H20N4O4/c1-26-16-8-7-13(11-17(16)27-2)9-10-20-18(24)12-23-19(25)14-5-3-4-6-15(14)21-22-23/h3-8,11H,9-10,12H2,1-2H3,(H,20,24). The molecule has 27 heavy (non-hydrogen) atoms. The maximum atomic E-state index is 12.3. The lowest BCUT2D eigenvalue weighted by Gasteiger charge is -2.10. The molecule has 0 spiro atoms. The maximum Gasteiger partial charge on any atom is 0.278 e. The van der Waals surface area contributed by atoms with Gasteiger partial charge in [-0.1, -0.05) is 23.4 Å². The number of aromatic nitrogens is 3. The van der Waals surface area contributed by atoms with Crippen LogP contribution in [-0.4, -0.2) is 41.7 Å². The van der Waals surface area contributed by atoms with Gasteiger partial charge in [0.1, 0.15) is 12.1 Å². The van der Waals surface area contributed by atoms with Crippen LogP contribution in [-0.2, 0) is 17.8 Å². The van der Waals surface area contributed by atoms with Crippen LogP contribution in [0.25, 0.3) is 10.9 Å². The average Bonchev–Trinajstić information content (AvgIpc) is 2.70. The van der Waals surface area contributed by atoms with E-state index in [-0.39, 0.29) is 18.0 Å². The minimum absolute atomic E-state index is 0.178. The number of benzene rings is 2. The summed E-state index contributed by atoms with van der Waals surface area (Å²) in [6, 6.07) is 12.5. The number of ether oxygens (including phenoxy) is 2. The van der Waals surface area contributed by atoms with E-state index < -0.39 is 0 Å². The molecule has 0 unspecified atom stereocenters. The molecular formula is C19H20N4O4. The van der Waals surface area contributed by atoms with E-state index in [4.69, 9.17) is 9.47 Å². The smallest absolute Gasteiger partial charge is 0.278 e. The number of carbonyl (C=O) groups is 1. The molecule has 1 N–H and O–H groups in total. The molecule has 1 aromatic heterocycles. The zero-order chi connectivity index (χ0) is 19.2. The Balaban J connectivity index is 1.59. The zero-order valence-corrected chi connectivity index (χ0v) is 15.1. The van der Waals surface area contributed by atoms with Gasteiger partial charge in [0.05, 0.1) is 19.6 Å². The molecule has 0 aliphatic heterocycles. The Labute approximate surface area is 155 Å². The first-order valence-electron chi connectivity index (χ1n) is 8.42. The van der Waals surface area contributed by atoms with E-state index in [1.54, 1.807) is 38.5 Å². The van der Waals surface area contributed by atoms with Gasteiger partial charge in [-0.25, -0.2) is 4.68 Å². The average molecular weight is 368 g/mol. The van der Waals surface area contributed by atoms with E-state index in [1.807, 2.05) is 18.2 Å². The van der Waals surface area contributed by atoms with Crippen LogP contribution in [0.3, 0.4) is 0 Å². The Morgan fingerprint density at radius 2 is 1.89 bits per heavy atom. The van der Waals surface area contributed by atoms with Gasteiger partial charge in [-0.15, -0.1) is 5.10 Å². The van der Waals surface area contributed by atoms with E-state index in [1.165, 1.54) is 0 Å². The minimum atomic E-state index is -0.337. The van der Waals surface area contributed by atoms with E-state index in [0.717, 1.165) is 10.2 Å².